The Bertz CT molecular complexity index is 1830. The lowest BCUT2D eigenvalue weighted by molar-refractivity contribution is 0.102. The number of rotatable bonds is 6. The molecule has 1 amide bonds. The van der Waals surface area contributed by atoms with E-state index in [9.17, 15) is 4.79 Å². The summed E-state index contributed by atoms with van der Waals surface area (Å²) in [6, 6.07) is 27.3. The number of nitrogens with zero attached hydrogens (tertiary/aromatic N) is 4. The van der Waals surface area contributed by atoms with Gasteiger partial charge in [-0.15, -0.1) is 11.3 Å². The number of aromatic nitrogens is 3. The highest BCUT2D eigenvalue weighted by Gasteiger charge is 2.20. The molecular weight excluding hydrogens is 518 g/mol. The second kappa shape index (κ2) is 9.87. The van der Waals surface area contributed by atoms with Crippen LogP contribution < -0.4 is 21.3 Å². The first-order valence-electron chi connectivity index (χ1n) is 12.9. The van der Waals surface area contributed by atoms with E-state index in [0.717, 1.165) is 46.6 Å². The number of pyridine rings is 1. The molecule has 6 aromatic rings. The highest BCUT2D eigenvalue weighted by molar-refractivity contribution is 7.14. The summed E-state index contributed by atoms with van der Waals surface area (Å²) >= 11 is 1.52. The maximum Gasteiger partial charge on any atom is 0.255 e. The van der Waals surface area contributed by atoms with Crippen LogP contribution in [0, 0.1) is 0 Å². The Kier molecular flexibility index (Phi) is 5.90. The number of nitrogens with two attached hydrogens (primary N) is 1. The highest BCUT2D eigenvalue weighted by Crippen LogP contribution is 2.31. The molecule has 4 N–H and O–H groups in total. The van der Waals surface area contributed by atoms with Crippen LogP contribution in [0.5, 0.6) is 0 Å². The molecule has 0 unspecified atom stereocenters. The van der Waals surface area contributed by atoms with Gasteiger partial charge in [-0.1, -0.05) is 36.4 Å². The second-order valence-corrected chi connectivity index (χ2v) is 10.5. The smallest absolute Gasteiger partial charge is 0.255 e. The number of thiazole rings is 1. The van der Waals surface area contributed by atoms with Gasteiger partial charge in [0.05, 0.1) is 23.3 Å². The fourth-order valence-corrected chi connectivity index (χ4v) is 5.68. The molecule has 3 aromatic heterocycles. The predicted octanol–water partition coefficient (Wildman–Crippen LogP) is 6.56. The van der Waals surface area contributed by atoms with Gasteiger partial charge in [-0.2, -0.15) is 0 Å². The summed E-state index contributed by atoms with van der Waals surface area (Å²) in [7, 11) is 0. The molecule has 0 atom stereocenters. The number of hydrogen-bond donors (Lipinski definition) is 3. The predicted molar refractivity (Wildman–Crippen MR) is 161 cm³/mol. The van der Waals surface area contributed by atoms with Crippen LogP contribution in [0.1, 0.15) is 21.5 Å². The van der Waals surface area contributed by atoms with Gasteiger partial charge in [0.2, 0.25) is 0 Å². The quantitative estimate of drug-likeness (QED) is 0.206. The molecule has 0 spiro atoms. The summed E-state index contributed by atoms with van der Waals surface area (Å²) in [6.07, 6.45) is 3.93. The lowest BCUT2D eigenvalue weighted by Gasteiger charge is -2.17. The zero-order valence-corrected chi connectivity index (χ0v) is 22.2. The summed E-state index contributed by atoms with van der Waals surface area (Å²) in [6.45, 7) is 1.82. The minimum Gasteiger partial charge on any atom is -0.397 e. The summed E-state index contributed by atoms with van der Waals surface area (Å²) in [5.41, 5.74) is 15.0. The van der Waals surface area contributed by atoms with Gasteiger partial charge in [-0.3, -0.25) is 9.20 Å². The van der Waals surface area contributed by atoms with E-state index in [-0.39, 0.29) is 5.91 Å². The Hall–Kier alpha value is -5.15. The van der Waals surface area contributed by atoms with Gasteiger partial charge >= 0.3 is 0 Å². The molecule has 4 heterocycles. The van der Waals surface area contributed by atoms with Crippen LogP contribution in [0.15, 0.2) is 103 Å². The summed E-state index contributed by atoms with van der Waals surface area (Å²) in [4.78, 5) is 24.4. The molecule has 0 aliphatic carbocycles. The van der Waals surface area contributed by atoms with Crippen molar-refractivity contribution in [3.05, 3.63) is 119 Å². The van der Waals surface area contributed by atoms with Gasteiger partial charge in [0.1, 0.15) is 11.3 Å². The number of para-hydroxylation sites is 2. The number of fused-ring (bicyclic) bond motifs is 2. The van der Waals surface area contributed by atoms with E-state index < -0.39 is 0 Å². The van der Waals surface area contributed by atoms with Crippen molar-refractivity contribution in [2.75, 3.05) is 21.3 Å². The van der Waals surface area contributed by atoms with Crippen molar-refractivity contribution in [1.29, 1.82) is 0 Å². The van der Waals surface area contributed by atoms with Crippen molar-refractivity contribution in [1.82, 2.24) is 14.4 Å². The Morgan fingerprint density at radius 1 is 0.925 bits per heavy atom. The van der Waals surface area contributed by atoms with Crippen LogP contribution in [0.3, 0.4) is 0 Å². The van der Waals surface area contributed by atoms with Crippen molar-refractivity contribution in [3.63, 3.8) is 0 Å². The third-order valence-corrected chi connectivity index (χ3v) is 7.83. The third kappa shape index (κ3) is 4.52. The van der Waals surface area contributed by atoms with Crippen LogP contribution in [-0.4, -0.2) is 20.3 Å². The Balaban J connectivity index is 1.04. The van der Waals surface area contributed by atoms with Crippen molar-refractivity contribution < 1.29 is 4.79 Å². The standard InChI is InChI=1S/C31H25N7OS/c32-25-7-3-4-8-26(25)35-30(39)20-9-11-23(12-10-20)34-31-36-27(19-40-31)28-16-33-29-15-24(13-14-38(28)29)37-17-21-5-1-2-6-22(21)18-37/h1-16,19H,17-18,32H2,(H,34,36)(H,35,39). The van der Waals surface area contributed by atoms with Crippen LogP contribution in [0.2, 0.25) is 0 Å². The largest absolute Gasteiger partial charge is 0.397 e. The van der Waals surface area contributed by atoms with Crippen molar-refractivity contribution in [3.8, 4) is 11.4 Å². The topological polar surface area (TPSA) is 101 Å². The molecule has 9 heteroatoms. The van der Waals surface area contributed by atoms with E-state index in [4.69, 9.17) is 10.7 Å². The summed E-state index contributed by atoms with van der Waals surface area (Å²) in [5.74, 6) is -0.217. The first kappa shape index (κ1) is 23.9. The van der Waals surface area contributed by atoms with E-state index in [1.807, 2.05) is 35.8 Å². The Labute approximate surface area is 234 Å². The van der Waals surface area contributed by atoms with Gasteiger partial charge in [-0.05, 0) is 53.6 Å². The molecule has 8 nitrogen and oxygen atoms in total. The molecule has 1 aliphatic heterocycles. The number of anilines is 5. The summed E-state index contributed by atoms with van der Waals surface area (Å²) in [5, 5.41) is 8.95. The first-order valence-corrected chi connectivity index (χ1v) is 13.8. The number of benzene rings is 3. The van der Waals surface area contributed by atoms with E-state index in [2.05, 4.69) is 67.5 Å². The molecule has 1 aliphatic rings. The fraction of sp³-hybridized carbons (Fsp3) is 0.0645. The zero-order chi connectivity index (χ0) is 27.1. The first-order chi connectivity index (χ1) is 19.6. The lowest BCUT2D eigenvalue weighted by atomic mass is 10.1. The average molecular weight is 544 g/mol. The molecule has 40 heavy (non-hydrogen) atoms. The number of imidazole rings is 1. The van der Waals surface area contributed by atoms with Crippen LogP contribution >= 0.6 is 11.3 Å². The monoisotopic (exact) mass is 543 g/mol. The van der Waals surface area contributed by atoms with Gasteiger partial charge in [0, 0.05) is 47.7 Å². The molecule has 0 saturated carbocycles. The SMILES string of the molecule is Nc1ccccc1NC(=O)c1ccc(Nc2nc(-c3cnc4cc(N5Cc6ccccc6C5)ccn34)cs2)cc1. The minimum absolute atomic E-state index is 0.217. The Morgan fingerprint density at radius 3 is 2.45 bits per heavy atom. The number of nitrogen functional groups attached to an aromatic ring is 1. The van der Waals surface area contributed by atoms with Crippen LogP contribution in [0.25, 0.3) is 17.0 Å². The Morgan fingerprint density at radius 2 is 1.68 bits per heavy atom. The molecule has 196 valence electrons. The fourth-order valence-electron chi connectivity index (χ4n) is 4.95. The molecule has 0 saturated heterocycles. The number of carbonyl (C=O) groups is 1. The molecule has 3 aromatic carbocycles. The number of amides is 1. The number of nitrogens with one attached hydrogen (secondary N) is 2. The third-order valence-electron chi connectivity index (χ3n) is 7.08. The highest BCUT2D eigenvalue weighted by atomic mass is 32.1. The van der Waals surface area contributed by atoms with Gasteiger partial charge in [0.25, 0.3) is 5.91 Å². The second-order valence-electron chi connectivity index (χ2n) is 9.66. The number of carbonyl (C=O) groups excluding carboxylic acids is 1. The van der Waals surface area contributed by atoms with Crippen LogP contribution in [-0.2, 0) is 13.1 Å². The van der Waals surface area contributed by atoms with E-state index in [1.165, 1.54) is 22.5 Å². The van der Waals surface area contributed by atoms with E-state index in [1.54, 1.807) is 24.3 Å². The normalized spacial score (nSPS) is 12.4. The lowest BCUT2D eigenvalue weighted by Crippen LogP contribution is -2.14. The number of hydrogen-bond acceptors (Lipinski definition) is 7. The molecule has 0 fully saturated rings. The van der Waals surface area contributed by atoms with E-state index >= 15 is 0 Å². The maximum atomic E-state index is 12.6. The maximum absolute atomic E-state index is 12.6. The van der Waals surface area contributed by atoms with Crippen LogP contribution in [0.4, 0.5) is 27.9 Å². The zero-order valence-electron chi connectivity index (χ0n) is 21.4. The van der Waals surface area contributed by atoms with Gasteiger partial charge in [0.15, 0.2) is 5.13 Å². The molecule has 7 rings (SSSR count). The van der Waals surface area contributed by atoms with Gasteiger partial charge in [-0.25, -0.2) is 9.97 Å². The minimum atomic E-state index is -0.217. The van der Waals surface area contributed by atoms with Crippen molar-refractivity contribution in [2.24, 2.45) is 0 Å². The van der Waals surface area contributed by atoms with Crippen molar-refractivity contribution in [2.45, 2.75) is 13.1 Å². The molecule has 0 bridgehead atoms. The van der Waals surface area contributed by atoms with Crippen molar-refractivity contribution >= 4 is 50.8 Å². The van der Waals surface area contributed by atoms with E-state index in [0.29, 0.717) is 16.9 Å². The average Bonchev–Trinajstić information content (AvgIpc) is 3.72. The molecule has 0 radical (unpaired) electrons. The molecular formula is C31H25N7OS. The van der Waals surface area contributed by atoms with Gasteiger partial charge < -0.3 is 21.3 Å². The summed E-state index contributed by atoms with van der Waals surface area (Å²) < 4.78 is 2.07.